The van der Waals surface area contributed by atoms with Crippen LogP contribution in [0.5, 0.6) is 5.75 Å². The van der Waals surface area contributed by atoms with Gasteiger partial charge in [0.1, 0.15) is 5.75 Å². The van der Waals surface area contributed by atoms with Crippen molar-refractivity contribution in [3.05, 3.63) is 86.2 Å². The van der Waals surface area contributed by atoms with Crippen molar-refractivity contribution in [3.63, 3.8) is 0 Å². The van der Waals surface area contributed by atoms with Gasteiger partial charge in [0.2, 0.25) is 5.62 Å². The molecule has 0 aliphatic heterocycles. The molecule has 0 bridgehead atoms. The Kier molecular flexibility index (Phi) is 7.88. The summed E-state index contributed by atoms with van der Waals surface area (Å²) in [7, 11) is 0. The second kappa shape index (κ2) is 10.8. The maximum Gasteiger partial charge on any atom is 0.335 e. The van der Waals surface area contributed by atoms with E-state index in [1.807, 2.05) is 45.0 Å². The highest BCUT2D eigenvalue weighted by molar-refractivity contribution is 5.67. The Balaban J connectivity index is 2.11. The minimum atomic E-state index is -1.10. The number of ether oxygens (including phenoxy) is 1. The molecule has 0 saturated carbocycles. The number of rotatable bonds is 9. The number of hydrogen-bond donors (Lipinski definition) is 2. The fourth-order valence-corrected chi connectivity index (χ4v) is 3.41. The number of benzene rings is 2. The zero-order chi connectivity index (χ0) is 24.8. The number of aromatic nitrogens is 3. The summed E-state index contributed by atoms with van der Waals surface area (Å²) in [5.74, 6) is -0.399. The summed E-state index contributed by atoms with van der Waals surface area (Å²) in [6, 6.07) is 13.9. The Morgan fingerprint density at radius 2 is 1.74 bits per heavy atom. The van der Waals surface area contributed by atoms with Gasteiger partial charge in [0.25, 0.3) is 0 Å². The molecule has 1 heterocycles. The first-order valence-corrected chi connectivity index (χ1v) is 11.2. The van der Waals surface area contributed by atoms with Crippen LogP contribution in [0.3, 0.4) is 0 Å². The average Bonchev–Trinajstić information content (AvgIpc) is 2.78. The third kappa shape index (κ3) is 6.12. The molecule has 34 heavy (non-hydrogen) atoms. The van der Waals surface area contributed by atoms with Crippen LogP contribution in [-0.2, 0) is 11.3 Å². The molecule has 3 rings (SSSR count). The van der Waals surface area contributed by atoms with Crippen LogP contribution in [0.2, 0.25) is 0 Å². The third-order valence-corrected chi connectivity index (χ3v) is 5.49. The first-order valence-electron chi connectivity index (χ1n) is 11.2. The second-order valence-corrected chi connectivity index (χ2v) is 8.37. The van der Waals surface area contributed by atoms with E-state index in [-0.39, 0.29) is 24.7 Å². The van der Waals surface area contributed by atoms with Gasteiger partial charge in [0.15, 0.2) is 0 Å². The van der Waals surface area contributed by atoms with E-state index >= 15 is 0 Å². The molecule has 3 aromatic rings. The predicted molar refractivity (Wildman–Crippen MR) is 129 cm³/mol. The van der Waals surface area contributed by atoms with Crippen molar-refractivity contribution in [2.75, 3.05) is 0 Å². The van der Waals surface area contributed by atoms with Crippen LogP contribution >= 0.6 is 0 Å². The molecular weight excluding hydrogens is 436 g/mol. The summed E-state index contributed by atoms with van der Waals surface area (Å²) in [6.07, 6.45) is 0.598. The summed E-state index contributed by atoms with van der Waals surface area (Å²) >= 11 is 0. The Morgan fingerprint density at radius 3 is 2.32 bits per heavy atom. The first kappa shape index (κ1) is 24.8. The number of nitrogens with one attached hydrogen (secondary N) is 1. The van der Waals surface area contributed by atoms with Gasteiger partial charge in [-0.05, 0) is 57.0 Å². The Labute approximate surface area is 197 Å². The maximum absolute atomic E-state index is 13.3. The van der Waals surface area contributed by atoms with Crippen LogP contribution in [0, 0.1) is 6.92 Å². The molecule has 0 amide bonds. The van der Waals surface area contributed by atoms with Gasteiger partial charge < -0.3 is 9.84 Å². The molecule has 2 atom stereocenters. The molecule has 1 aromatic heterocycles. The van der Waals surface area contributed by atoms with Crippen LogP contribution < -0.4 is 21.7 Å². The molecule has 2 aromatic carbocycles. The lowest BCUT2D eigenvalue weighted by molar-refractivity contribution is -0.137. The van der Waals surface area contributed by atoms with Crippen molar-refractivity contribution in [1.29, 1.82) is 0 Å². The molecular formula is C25H30N4O5. The monoisotopic (exact) mass is 466 g/mol. The number of aryl methyl sites for hydroxylation is 1. The minimum absolute atomic E-state index is 0.0740. The normalized spacial score (nSPS) is 13.5. The van der Waals surface area contributed by atoms with E-state index in [0.717, 1.165) is 22.1 Å². The lowest BCUT2D eigenvalue weighted by Gasteiger charge is -2.15. The van der Waals surface area contributed by atoms with Crippen molar-refractivity contribution in [2.45, 2.75) is 59.2 Å². The molecule has 9 nitrogen and oxygen atoms in total. The molecule has 0 aliphatic carbocycles. The Hall–Kier alpha value is -3.88. The third-order valence-electron chi connectivity index (χ3n) is 5.49. The van der Waals surface area contributed by atoms with Crippen molar-refractivity contribution in [1.82, 2.24) is 14.1 Å². The number of aliphatic carboxylic acids is 1. The Morgan fingerprint density at radius 1 is 1.09 bits per heavy atom. The second-order valence-electron chi connectivity index (χ2n) is 8.37. The van der Waals surface area contributed by atoms with Crippen molar-refractivity contribution < 1.29 is 14.6 Å². The van der Waals surface area contributed by atoms with Crippen LogP contribution in [0.1, 0.15) is 50.8 Å². The minimum Gasteiger partial charge on any atom is -0.491 e. The van der Waals surface area contributed by atoms with Crippen molar-refractivity contribution in [2.24, 2.45) is 4.99 Å². The molecule has 0 radical (unpaired) electrons. The van der Waals surface area contributed by atoms with Crippen LogP contribution in [0.4, 0.5) is 5.69 Å². The topological polar surface area (TPSA) is 119 Å². The van der Waals surface area contributed by atoms with Gasteiger partial charge in [0.05, 0.1) is 30.8 Å². The largest absolute Gasteiger partial charge is 0.491 e. The van der Waals surface area contributed by atoms with Gasteiger partial charge in [-0.2, -0.15) is 0 Å². The van der Waals surface area contributed by atoms with Gasteiger partial charge in [-0.3, -0.25) is 14.3 Å². The van der Waals surface area contributed by atoms with E-state index in [2.05, 4.69) is 9.98 Å². The maximum atomic E-state index is 13.3. The summed E-state index contributed by atoms with van der Waals surface area (Å²) < 4.78 is 8.05. The zero-order valence-electron chi connectivity index (χ0n) is 19.8. The van der Waals surface area contributed by atoms with Crippen LogP contribution in [0.25, 0.3) is 0 Å². The van der Waals surface area contributed by atoms with Crippen LogP contribution in [-0.4, -0.2) is 31.3 Å². The zero-order valence-corrected chi connectivity index (χ0v) is 19.8. The van der Waals surface area contributed by atoms with E-state index in [1.54, 1.807) is 24.3 Å². The molecule has 9 heteroatoms. The quantitative estimate of drug-likeness (QED) is 0.502. The molecule has 0 spiro atoms. The van der Waals surface area contributed by atoms with Crippen molar-refractivity contribution >= 4 is 11.7 Å². The number of hydrogen-bond acceptors (Lipinski definition) is 5. The van der Waals surface area contributed by atoms with Gasteiger partial charge in [-0.15, -0.1) is 0 Å². The number of nitrogens with zero attached hydrogens (tertiary/aromatic N) is 3. The molecule has 0 aliphatic rings. The highest BCUT2D eigenvalue weighted by Gasteiger charge is 2.17. The van der Waals surface area contributed by atoms with Gasteiger partial charge in [-0.25, -0.2) is 19.1 Å². The lowest BCUT2D eigenvalue weighted by atomic mass is 10.1. The van der Waals surface area contributed by atoms with E-state index in [9.17, 15) is 14.4 Å². The molecule has 0 saturated heterocycles. The summed E-state index contributed by atoms with van der Waals surface area (Å²) in [5.41, 5.74) is 1.17. The first-order chi connectivity index (χ1) is 16.2. The summed E-state index contributed by atoms with van der Waals surface area (Å²) in [5, 5.41) is 9.14. The molecule has 0 fully saturated rings. The highest BCUT2D eigenvalue weighted by Crippen LogP contribution is 2.19. The van der Waals surface area contributed by atoms with Gasteiger partial charge in [-0.1, -0.05) is 36.8 Å². The van der Waals surface area contributed by atoms with E-state index in [1.165, 1.54) is 11.5 Å². The number of carbonyl (C=O) groups is 1. The average molecular weight is 467 g/mol. The summed E-state index contributed by atoms with van der Waals surface area (Å²) in [6.45, 7) is 7.67. The van der Waals surface area contributed by atoms with E-state index < -0.39 is 23.4 Å². The number of carboxylic acids is 1. The number of aromatic amines is 1. The lowest BCUT2D eigenvalue weighted by Crippen LogP contribution is -2.51. The fraction of sp³-hybridized carbons (Fsp3) is 0.360. The SMILES string of the molecule is CC[C@@H](C)Oc1ccc(/N=c2\[nH]c(=O)n([C@H](C)CC(=O)O)c(=O)n2Cc2ccc(C)cc2)cc1. The smallest absolute Gasteiger partial charge is 0.335 e. The Bertz CT molecular complexity index is 1320. The number of H-pyrrole nitrogens is 1. The van der Waals surface area contributed by atoms with E-state index in [4.69, 9.17) is 9.84 Å². The molecule has 180 valence electrons. The standard InChI is InChI=1S/C25H30N4O5/c1-5-18(4)34-21-12-10-20(11-13-21)26-23-27-24(32)29(17(3)14-22(30)31)25(33)28(23)15-19-8-6-16(2)7-9-19/h6-13,17-18H,5,14-15H2,1-4H3,(H,30,31)(H,26,27,32)/t17-,18-/m1/s1. The van der Waals surface area contributed by atoms with E-state index in [0.29, 0.717) is 11.4 Å². The molecule has 0 unspecified atom stereocenters. The predicted octanol–water partition coefficient (Wildman–Crippen LogP) is 3.14. The fourth-order valence-electron chi connectivity index (χ4n) is 3.41. The van der Waals surface area contributed by atoms with Crippen molar-refractivity contribution in [3.8, 4) is 5.75 Å². The molecule has 2 N–H and O–H groups in total. The highest BCUT2D eigenvalue weighted by atomic mass is 16.5. The van der Waals surface area contributed by atoms with Gasteiger partial charge >= 0.3 is 17.3 Å². The summed E-state index contributed by atoms with van der Waals surface area (Å²) in [4.78, 5) is 44.4. The van der Waals surface area contributed by atoms with Crippen LogP contribution in [0.15, 0.2) is 63.1 Å². The van der Waals surface area contributed by atoms with Gasteiger partial charge in [0, 0.05) is 0 Å². The number of carboxylic acid groups (broad SMARTS) is 1.